The smallest absolute Gasteiger partial charge is 0.324 e. The van der Waals surface area contributed by atoms with Gasteiger partial charge >= 0.3 is 5.97 Å². The minimum absolute atomic E-state index is 0.00665. The summed E-state index contributed by atoms with van der Waals surface area (Å²) in [4.78, 5) is 25.9. The first kappa shape index (κ1) is 24.0. The molecule has 0 aliphatic rings. The number of sulfonamides is 1. The van der Waals surface area contributed by atoms with Crippen LogP contribution >= 0.6 is 0 Å². The van der Waals surface area contributed by atoms with Gasteiger partial charge in [0.15, 0.2) is 6.61 Å². The van der Waals surface area contributed by atoms with Crippen molar-refractivity contribution in [2.45, 2.75) is 31.2 Å². The Hall–Kier alpha value is -3.29. The normalized spacial score (nSPS) is 11.9. The van der Waals surface area contributed by atoms with Gasteiger partial charge in [0.05, 0.1) is 17.4 Å². The Balaban J connectivity index is 2.00. The molecule has 0 aromatic heterocycles. The molecule has 1 atom stereocenters. The summed E-state index contributed by atoms with van der Waals surface area (Å²) >= 11 is 0. The van der Waals surface area contributed by atoms with E-state index in [1.165, 1.54) is 36.1 Å². The largest absolute Gasteiger partial charge is 0.454 e. The highest BCUT2D eigenvalue weighted by Crippen LogP contribution is 2.16. The van der Waals surface area contributed by atoms with Crippen LogP contribution in [0, 0.1) is 24.1 Å². The van der Waals surface area contributed by atoms with Crippen LogP contribution in [0.5, 0.6) is 0 Å². The van der Waals surface area contributed by atoms with Crippen molar-refractivity contribution in [3.05, 3.63) is 59.9 Å². The minimum Gasteiger partial charge on any atom is -0.454 e. The highest BCUT2D eigenvalue weighted by Gasteiger charge is 2.25. The number of anilines is 1. The van der Waals surface area contributed by atoms with Gasteiger partial charge in [-0.1, -0.05) is 17.7 Å². The van der Waals surface area contributed by atoms with Gasteiger partial charge < -0.3 is 9.64 Å². The molecule has 0 saturated heterocycles. The van der Waals surface area contributed by atoms with E-state index in [9.17, 15) is 22.4 Å². The van der Waals surface area contributed by atoms with Crippen LogP contribution in [0.25, 0.3) is 0 Å². The topological polar surface area (TPSA) is 117 Å². The number of hydrogen-bond donors (Lipinski definition) is 1. The summed E-state index contributed by atoms with van der Waals surface area (Å²) in [5, 5.41) is 8.80. The highest BCUT2D eigenvalue weighted by atomic mass is 32.2. The van der Waals surface area contributed by atoms with Crippen LogP contribution in [0.3, 0.4) is 0 Å². The van der Waals surface area contributed by atoms with E-state index in [4.69, 9.17) is 10.00 Å². The van der Waals surface area contributed by atoms with Crippen molar-refractivity contribution < 1.29 is 27.1 Å². The lowest BCUT2D eigenvalue weighted by atomic mass is 10.2. The number of nitriles is 1. The molecule has 1 amide bonds. The average molecular weight is 447 g/mol. The zero-order valence-electron chi connectivity index (χ0n) is 17.0. The zero-order chi connectivity index (χ0) is 23.0. The van der Waals surface area contributed by atoms with E-state index >= 15 is 0 Å². The Morgan fingerprint density at radius 1 is 1.16 bits per heavy atom. The highest BCUT2D eigenvalue weighted by molar-refractivity contribution is 7.89. The number of nitrogens with one attached hydrogen (secondary N) is 1. The molecule has 0 fully saturated rings. The van der Waals surface area contributed by atoms with Crippen LogP contribution in [0.15, 0.2) is 53.4 Å². The summed E-state index contributed by atoms with van der Waals surface area (Å²) in [5.74, 6) is -2.07. The molecular weight excluding hydrogens is 425 g/mol. The number of carbonyl (C=O) groups is 2. The van der Waals surface area contributed by atoms with Crippen molar-refractivity contribution in [3.63, 3.8) is 0 Å². The Bertz CT molecular complexity index is 1060. The second-order valence-electron chi connectivity index (χ2n) is 6.69. The lowest BCUT2D eigenvalue weighted by Gasteiger charge is -2.22. The monoisotopic (exact) mass is 447 g/mol. The molecule has 0 unspecified atom stereocenters. The summed E-state index contributed by atoms with van der Waals surface area (Å²) in [6.45, 7) is 2.46. The second kappa shape index (κ2) is 10.7. The van der Waals surface area contributed by atoms with Gasteiger partial charge in [-0.25, -0.2) is 12.8 Å². The van der Waals surface area contributed by atoms with Gasteiger partial charge in [-0.2, -0.15) is 9.98 Å². The molecule has 2 aromatic carbocycles. The second-order valence-corrected chi connectivity index (χ2v) is 8.41. The zero-order valence-corrected chi connectivity index (χ0v) is 17.9. The molecule has 0 spiro atoms. The molecule has 8 nitrogen and oxygen atoms in total. The summed E-state index contributed by atoms with van der Waals surface area (Å²) in [5.41, 5.74) is 1.22. The van der Waals surface area contributed by atoms with Gasteiger partial charge in [-0.05, 0) is 50.2 Å². The van der Waals surface area contributed by atoms with E-state index in [0.717, 1.165) is 17.7 Å². The maximum atomic E-state index is 13.1. The summed E-state index contributed by atoms with van der Waals surface area (Å²) in [6.07, 6.45) is 0.0177. The maximum Gasteiger partial charge on any atom is 0.324 e. The Labute approximate surface area is 180 Å². The number of nitrogens with zero attached hydrogens (tertiary/aromatic N) is 2. The van der Waals surface area contributed by atoms with Crippen LogP contribution in [-0.4, -0.2) is 39.5 Å². The van der Waals surface area contributed by atoms with Gasteiger partial charge in [-0.3, -0.25) is 9.59 Å². The van der Waals surface area contributed by atoms with E-state index in [2.05, 4.69) is 4.72 Å². The molecule has 0 radical (unpaired) electrons. The number of halogens is 1. The predicted molar refractivity (Wildman–Crippen MR) is 111 cm³/mol. The van der Waals surface area contributed by atoms with Crippen molar-refractivity contribution >= 4 is 27.6 Å². The Morgan fingerprint density at radius 3 is 2.35 bits per heavy atom. The number of aryl methyl sites for hydroxylation is 1. The first-order valence-corrected chi connectivity index (χ1v) is 10.8. The van der Waals surface area contributed by atoms with Crippen molar-refractivity contribution in [3.8, 4) is 6.07 Å². The quantitative estimate of drug-likeness (QED) is 0.590. The van der Waals surface area contributed by atoms with Gasteiger partial charge in [0.1, 0.15) is 11.9 Å². The number of carbonyl (C=O) groups excluding carboxylic acids is 2. The molecule has 0 aliphatic heterocycles. The van der Waals surface area contributed by atoms with Gasteiger partial charge in [0.25, 0.3) is 5.91 Å². The fourth-order valence-electron chi connectivity index (χ4n) is 2.58. The maximum absolute atomic E-state index is 13.1. The van der Waals surface area contributed by atoms with E-state index in [-0.39, 0.29) is 17.9 Å². The first-order valence-electron chi connectivity index (χ1n) is 9.32. The lowest BCUT2D eigenvalue weighted by Crippen LogP contribution is -2.41. The van der Waals surface area contributed by atoms with Crippen molar-refractivity contribution in [2.24, 2.45) is 0 Å². The van der Waals surface area contributed by atoms with E-state index in [0.29, 0.717) is 5.69 Å². The molecule has 164 valence electrons. The summed E-state index contributed by atoms with van der Waals surface area (Å²) in [6, 6.07) is 11.8. The number of hydrogen-bond acceptors (Lipinski definition) is 6. The average Bonchev–Trinajstić information content (AvgIpc) is 2.73. The third kappa shape index (κ3) is 6.87. The summed E-state index contributed by atoms with van der Waals surface area (Å²) in [7, 11) is -3.95. The molecule has 0 aliphatic carbocycles. The first-order chi connectivity index (χ1) is 14.6. The van der Waals surface area contributed by atoms with Gasteiger partial charge in [-0.15, -0.1) is 0 Å². The fourth-order valence-corrected chi connectivity index (χ4v) is 3.77. The van der Waals surface area contributed by atoms with Crippen LogP contribution in [0.4, 0.5) is 10.1 Å². The molecule has 0 saturated carbocycles. The number of rotatable bonds is 9. The van der Waals surface area contributed by atoms with E-state index in [1.807, 2.05) is 13.0 Å². The molecule has 2 rings (SSSR count). The SMILES string of the molecule is Cc1ccc(S(=O)(=O)N[C@@H](C)C(=O)OCC(=O)N(CCC#N)c2ccc(F)cc2)cc1. The number of ether oxygens (including phenoxy) is 1. The molecule has 1 N–H and O–H groups in total. The molecule has 10 heteroatoms. The number of benzene rings is 2. The van der Waals surface area contributed by atoms with Crippen molar-refractivity contribution in [2.75, 3.05) is 18.1 Å². The van der Waals surface area contributed by atoms with Crippen molar-refractivity contribution in [1.29, 1.82) is 5.26 Å². The number of esters is 1. The number of amides is 1. The molecule has 2 aromatic rings. The molecular formula is C21H22FN3O5S. The van der Waals surface area contributed by atoms with E-state index < -0.39 is 40.4 Å². The third-order valence-corrected chi connectivity index (χ3v) is 5.80. The molecule has 31 heavy (non-hydrogen) atoms. The van der Waals surface area contributed by atoms with Crippen LogP contribution in [-0.2, 0) is 24.3 Å². The summed E-state index contributed by atoms with van der Waals surface area (Å²) < 4.78 is 45.1. The van der Waals surface area contributed by atoms with Crippen LogP contribution < -0.4 is 9.62 Å². The Morgan fingerprint density at radius 2 is 1.77 bits per heavy atom. The molecule has 0 heterocycles. The van der Waals surface area contributed by atoms with E-state index in [1.54, 1.807) is 12.1 Å². The third-order valence-electron chi connectivity index (χ3n) is 4.24. The minimum atomic E-state index is -3.95. The predicted octanol–water partition coefficient (Wildman–Crippen LogP) is 2.29. The lowest BCUT2D eigenvalue weighted by molar-refractivity contribution is -0.149. The van der Waals surface area contributed by atoms with Gasteiger partial charge in [0, 0.05) is 12.2 Å². The van der Waals surface area contributed by atoms with Gasteiger partial charge in [0.2, 0.25) is 10.0 Å². The van der Waals surface area contributed by atoms with Crippen molar-refractivity contribution in [1.82, 2.24) is 4.72 Å². The standard InChI is InChI=1S/C21H22FN3O5S/c1-15-4-10-19(11-5-15)31(28,29)24-16(2)21(27)30-14-20(26)25(13-3-12-23)18-8-6-17(22)7-9-18/h4-11,16,24H,3,13-14H2,1-2H3/t16-/m0/s1. The fraction of sp³-hybridized carbons (Fsp3) is 0.286. The molecule has 0 bridgehead atoms. The van der Waals surface area contributed by atoms with Crippen LogP contribution in [0.2, 0.25) is 0 Å². The Kier molecular flexibility index (Phi) is 8.24. The van der Waals surface area contributed by atoms with Crippen LogP contribution in [0.1, 0.15) is 18.9 Å².